The van der Waals surface area contributed by atoms with Gasteiger partial charge in [0.2, 0.25) is 5.91 Å². The van der Waals surface area contributed by atoms with Crippen molar-refractivity contribution in [1.29, 1.82) is 0 Å². The first-order valence-electron chi connectivity index (χ1n) is 11.4. The number of carbonyl (C=O) groups excluding carboxylic acids is 2. The molecule has 1 N–H and O–H groups in total. The number of methoxy groups -OCH3 is 1. The van der Waals surface area contributed by atoms with Gasteiger partial charge in [0.1, 0.15) is 17.3 Å². The fourth-order valence-corrected chi connectivity index (χ4v) is 4.42. The Morgan fingerprint density at radius 2 is 1.17 bits per heavy atom. The fourth-order valence-electron chi connectivity index (χ4n) is 4.42. The van der Waals surface area contributed by atoms with E-state index in [1.54, 1.807) is 12.1 Å². The van der Waals surface area contributed by atoms with E-state index in [0.29, 0.717) is 5.56 Å². The lowest BCUT2D eigenvalue weighted by Crippen LogP contribution is -2.52. The van der Waals surface area contributed by atoms with Crippen molar-refractivity contribution in [2.24, 2.45) is 0 Å². The highest BCUT2D eigenvalue weighted by molar-refractivity contribution is 5.98. The number of halogens is 1. The van der Waals surface area contributed by atoms with E-state index in [4.69, 9.17) is 4.74 Å². The van der Waals surface area contributed by atoms with Gasteiger partial charge in [-0.15, -0.1) is 0 Å². The van der Waals surface area contributed by atoms with Gasteiger partial charge < -0.3 is 10.1 Å². The number of carbonyl (C=O) groups is 2. The van der Waals surface area contributed by atoms with Gasteiger partial charge >= 0.3 is 5.97 Å². The van der Waals surface area contributed by atoms with E-state index in [1.165, 1.54) is 19.2 Å². The van der Waals surface area contributed by atoms with E-state index in [9.17, 15) is 14.0 Å². The summed E-state index contributed by atoms with van der Waals surface area (Å²) in [6.45, 7) is 0. The smallest absolute Gasteiger partial charge is 0.328 e. The molecule has 0 heterocycles. The molecular weight excluding hydrogens is 441 g/mol. The molecule has 0 saturated heterocycles. The summed E-state index contributed by atoms with van der Waals surface area (Å²) in [5.74, 6) is -1.31. The van der Waals surface area contributed by atoms with Crippen LogP contribution in [0.4, 0.5) is 4.39 Å². The minimum absolute atomic E-state index is 0.160. The molecule has 0 bridgehead atoms. The zero-order valence-electron chi connectivity index (χ0n) is 19.4. The summed E-state index contributed by atoms with van der Waals surface area (Å²) in [6.07, 6.45) is 0.160. The molecule has 1 amide bonds. The van der Waals surface area contributed by atoms with Crippen LogP contribution in [0, 0.1) is 5.82 Å². The number of ether oxygens (including phenoxy) is 1. The molecule has 0 fully saturated rings. The number of benzene rings is 4. The second-order valence-corrected chi connectivity index (χ2v) is 8.23. The third-order valence-corrected chi connectivity index (χ3v) is 6.11. The van der Waals surface area contributed by atoms with Gasteiger partial charge in [0.05, 0.1) is 7.11 Å². The molecule has 0 saturated carbocycles. The van der Waals surface area contributed by atoms with Crippen molar-refractivity contribution in [2.45, 2.75) is 17.9 Å². The second kappa shape index (κ2) is 10.8. The molecule has 0 radical (unpaired) electrons. The third-order valence-electron chi connectivity index (χ3n) is 6.11. The molecule has 0 aromatic heterocycles. The van der Waals surface area contributed by atoms with Gasteiger partial charge in [0, 0.05) is 6.42 Å². The molecule has 0 unspecified atom stereocenters. The highest BCUT2D eigenvalue weighted by atomic mass is 19.1. The first kappa shape index (κ1) is 23.9. The minimum Gasteiger partial charge on any atom is -0.467 e. The summed E-state index contributed by atoms with van der Waals surface area (Å²) < 4.78 is 18.4. The molecule has 0 aliphatic heterocycles. The van der Waals surface area contributed by atoms with Crippen molar-refractivity contribution >= 4 is 11.9 Å². The normalized spacial score (nSPS) is 11.9. The summed E-state index contributed by atoms with van der Waals surface area (Å²) in [4.78, 5) is 27.1. The fraction of sp³-hybridized carbons (Fsp3) is 0.133. The van der Waals surface area contributed by atoms with Crippen molar-refractivity contribution in [1.82, 2.24) is 5.32 Å². The molecule has 1 atom stereocenters. The number of amides is 1. The zero-order chi connectivity index (χ0) is 24.7. The van der Waals surface area contributed by atoms with Gasteiger partial charge in [0.25, 0.3) is 0 Å². The van der Waals surface area contributed by atoms with Crippen LogP contribution in [-0.4, -0.2) is 25.0 Å². The molecule has 0 aliphatic carbocycles. The Hall–Kier alpha value is -4.25. The molecule has 35 heavy (non-hydrogen) atoms. The Balaban J connectivity index is 1.84. The summed E-state index contributed by atoms with van der Waals surface area (Å²) in [5.41, 5.74) is 1.77. The number of hydrogen-bond donors (Lipinski definition) is 1. The lowest BCUT2D eigenvalue weighted by Gasteiger charge is -2.35. The van der Waals surface area contributed by atoms with Crippen LogP contribution in [0.2, 0.25) is 0 Å². The van der Waals surface area contributed by atoms with Gasteiger partial charge in [-0.3, -0.25) is 4.79 Å². The molecular formula is C30H26FNO3. The molecule has 4 aromatic rings. The summed E-state index contributed by atoms with van der Waals surface area (Å²) >= 11 is 0. The molecule has 4 rings (SSSR count). The quantitative estimate of drug-likeness (QED) is 0.291. The zero-order valence-corrected chi connectivity index (χ0v) is 19.4. The van der Waals surface area contributed by atoms with E-state index in [0.717, 1.165) is 16.7 Å². The maximum absolute atomic E-state index is 14.4. The monoisotopic (exact) mass is 467 g/mol. The third kappa shape index (κ3) is 4.99. The minimum atomic E-state index is -1.22. The molecule has 0 aliphatic rings. The number of nitrogens with one attached hydrogen (secondary N) is 1. The van der Waals surface area contributed by atoms with Gasteiger partial charge in [0.15, 0.2) is 0 Å². The average Bonchev–Trinajstić information content (AvgIpc) is 2.91. The van der Waals surface area contributed by atoms with E-state index >= 15 is 0 Å². The van der Waals surface area contributed by atoms with E-state index in [1.807, 2.05) is 91.0 Å². The van der Waals surface area contributed by atoms with Gasteiger partial charge in [-0.05, 0) is 34.4 Å². The molecule has 5 heteroatoms. The molecule has 176 valence electrons. The highest BCUT2D eigenvalue weighted by Crippen LogP contribution is 2.39. The second-order valence-electron chi connectivity index (χ2n) is 8.23. The van der Waals surface area contributed by atoms with Crippen LogP contribution in [0.3, 0.4) is 0 Å². The van der Waals surface area contributed by atoms with Crippen LogP contribution in [0.1, 0.15) is 22.3 Å². The van der Waals surface area contributed by atoms with Gasteiger partial charge in [-0.25, -0.2) is 9.18 Å². The van der Waals surface area contributed by atoms with Gasteiger partial charge in [-0.1, -0.05) is 103 Å². The predicted molar refractivity (Wildman–Crippen MR) is 133 cm³/mol. The van der Waals surface area contributed by atoms with Crippen molar-refractivity contribution < 1.29 is 18.7 Å². The van der Waals surface area contributed by atoms with Crippen molar-refractivity contribution in [3.05, 3.63) is 143 Å². The highest BCUT2D eigenvalue weighted by Gasteiger charge is 2.45. The van der Waals surface area contributed by atoms with Crippen LogP contribution in [-0.2, 0) is 26.2 Å². The van der Waals surface area contributed by atoms with Crippen LogP contribution in [0.5, 0.6) is 0 Å². The lowest BCUT2D eigenvalue weighted by molar-refractivity contribution is -0.145. The molecule has 0 spiro atoms. The SMILES string of the molecule is COC(=O)[C@@H](Cc1ccc(F)cc1)NC(=O)C(c1ccccc1)(c1ccccc1)c1ccccc1. The number of esters is 1. The van der Waals surface area contributed by atoms with Crippen LogP contribution >= 0.6 is 0 Å². The lowest BCUT2D eigenvalue weighted by atomic mass is 9.68. The summed E-state index contributed by atoms with van der Waals surface area (Å²) in [7, 11) is 1.28. The molecule has 4 aromatic carbocycles. The Kier molecular flexibility index (Phi) is 7.36. The Bertz CT molecular complexity index is 1160. The largest absolute Gasteiger partial charge is 0.467 e. The standard InChI is InChI=1S/C30H26FNO3/c1-35-28(33)27(21-22-17-19-26(31)20-18-22)32-29(34)30(23-11-5-2-6-12-23,24-13-7-3-8-14-24)25-15-9-4-10-16-25/h2-20,27H,21H2,1H3,(H,32,34)/t27-/m1/s1. The summed E-state index contributed by atoms with van der Waals surface area (Å²) in [5, 5.41) is 2.96. The number of rotatable bonds is 8. The topological polar surface area (TPSA) is 55.4 Å². The Labute approximate surface area is 204 Å². The Morgan fingerprint density at radius 1 is 0.743 bits per heavy atom. The first-order valence-corrected chi connectivity index (χ1v) is 11.4. The van der Waals surface area contributed by atoms with Crippen molar-refractivity contribution in [2.75, 3.05) is 7.11 Å². The van der Waals surface area contributed by atoms with E-state index in [-0.39, 0.29) is 18.1 Å². The summed E-state index contributed by atoms with van der Waals surface area (Å²) in [6, 6.07) is 33.4. The predicted octanol–water partition coefficient (Wildman–Crippen LogP) is 5.06. The van der Waals surface area contributed by atoms with Crippen LogP contribution in [0.15, 0.2) is 115 Å². The van der Waals surface area contributed by atoms with Crippen LogP contribution in [0.25, 0.3) is 0 Å². The van der Waals surface area contributed by atoms with E-state index in [2.05, 4.69) is 5.32 Å². The average molecular weight is 468 g/mol. The maximum atomic E-state index is 14.4. The first-order chi connectivity index (χ1) is 17.1. The van der Waals surface area contributed by atoms with Crippen molar-refractivity contribution in [3.8, 4) is 0 Å². The maximum Gasteiger partial charge on any atom is 0.328 e. The van der Waals surface area contributed by atoms with Crippen molar-refractivity contribution in [3.63, 3.8) is 0 Å². The molecule has 4 nitrogen and oxygen atoms in total. The Morgan fingerprint density at radius 3 is 1.57 bits per heavy atom. The van der Waals surface area contributed by atoms with E-state index < -0.39 is 17.4 Å². The van der Waals surface area contributed by atoms with Crippen LogP contribution < -0.4 is 5.32 Å². The van der Waals surface area contributed by atoms with Gasteiger partial charge in [-0.2, -0.15) is 0 Å². The number of hydrogen-bond acceptors (Lipinski definition) is 3.